The zero-order valence-corrected chi connectivity index (χ0v) is 6.13. The molecule has 2 heteroatoms. The lowest BCUT2D eigenvalue weighted by molar-refractivity contribution is 0.175. The third-order valence-corrected chi connectivity index (χ3v) is 1.51. The first-order valence-electron chi connectivity index (χ1n) is 3.44. The normalized spacial score (nSPS) is 22.8. The van der Waals surface area contributed by atoms with Crippen LogP contribution in [0.3, 0.4) is 0 Å². The van der Waals surface area contributed by atoms with E-state index in [9.17, 15) is 0 Å². The van der Waals surface area contributed by atoms with E-state index in [1.807, 2.05) is 0 Å². The van der Waals surface area contributed by atoms with Crippen LogP contribution in [0.1, 0.15) is 19.8 Å². The van der Waals surface area contributed by atoms with Crippen LogP contribution in [-0.2, 0) is 4.84 Å². The summed E-state index contributed by atoms with van der Waals surface area (Å²) >= 11 is 0. The molecule has 0 amide bonds. The van der Waals surface area contributed by atoms with Gasteiger partial charge in [0, 0.05) is 0 Å². The van der Waals surface area contributed by atoms with Gasteiger partial charge in [0.1, 0.15) is 0 Å². The molecule has 0 heterocycles. The standard InChI is InChI=1S/C8H11NO/c1-3-4-10-9-8-5-7(2)6-8/h1,7H,4-6H2,2H3. The van der Waals surface area contributed by atoms with Crippen LogP contribution in [0.5, 0.6) is 0 Å². The monoisotopic (exact) mass is 137 g/mol. The van der Waals surface area contributed by atoms with E-state index in [0.29, 0.717) is 0 Å². The third-order valence-electron chi connectivity index (χ3n) is 1.51. The fraction of sp³-hybridized carbons (Fsp3) is 0.625. The molecule has 1 fully saturated rings. The highest BCUT2D eigenvalue weighted by Gasteiger charge is 2.20. The Bertz CT molecular complexity index is 170. The Balaban J connectivity index is 2.12. The quantitative estimate of drug-likeness (QED) is 0.320. The lowest BCUT2D eigenvalue weighted by Gasteiger charge is -2.22. The minimum Gasteiger partial charge on any atom is -0.383 e. The van der Waals surface area contributed by atoms with E-state index < -0.39 is 0 Å². The van der Waals surface area contributed by atoms with Gasteiger partial charge in [0.2, 0.25) is 0 Å². The van der Waals surface area contributed by atoms with Crippen LogP contribution in [0.2, 0.25) is 0 Å². The number of hydrogen-bond donors (Lipinski definition) is 0. The van der Waals surface area contributed by atoms with Crippen LogP contribution < -0.4 is 0 Å². The molecule has 54 valence electrons. The van der Waals surface area contributed by atoms with Gasteiger partial charge in [-0.3, -0.25) is 0 Å². The summed E-state index contributed by atoms with van der Waals surface area (Å²) in [5.74, 6) is 3.14. The second-order valence-electron chi connectivity index (χ2n) is 2.65. The van der Waals surface area contributed by atoms with Gasteiger partial charge in [-0.15, -0.1) is 6.42 Å². The Labute approximate surface area is 61.3 Å². The van der Waals surface area contributed by atoms with Gasteiger partial charge in [0.25, 0.3) is 0 Å². The third kappa shape index (κ3) is 1.77. The number of hydrogen-bond acceptors (Lipinski definition) is 2. The highest BCUT2D eigenvalue weighted by atomic mass is 16.6. The Kier molecular flexibility index (Phi) is 2.33. The molecular weight excluding hydrogens is 126 g/mol. The van der Waals surface area contributed by atoms with Crippen LogP contribution in [0, 0.1) is 18.3 Å². The molecule has 0 bridgehead atoms. The fourth-order valence-electron chi connectivity index (χ4n) is 0.980. The van der Waals surface area contributed by atoms with Gasteiger partial charge in [-0.2, -0.15) is 0 Å². The molecular formula is C8H11NO. The van der Waals surface area contributed by atoms with Gasteiger partial charge in [-0.1, -0.05) is 18.0 Å². The molecule has 0 atom stereocenters. The molecule has 0 radical (unpaired) electrons. The number of rotatable bonds is 2. The highest BCUT2D eigenvalue weighted by molar-refractivity contribution is 5.89. The summed E-state index contributed by atoms with van der Waals surface area (Å²) in [6.45, 7) is 2.48. The van der Waals surface area contributed by atoms with Crippen molar-refractivity contribution < 1.29 is 4.84 Å². The second-order valence-corrected chi connectivity index (χ2v) is 2.65. The number of nitrogens with zero attached hydrogens (tertiary/aromatic N) is 1. The Hall–Kier alpha value is -0.970. The lowest BCUT2D eigenvalue weighted by atomic mass is 9.85. The summed E-state index contributed by atoms with van der Waals surface area (Å²) < 4.78 is 0. The summed E-state index contributed by atoms with van der Waals surface area (Å²) in [4.78, 5) is 4.79. The van der Waals surface area contributed by atoms with Crippen LogP contribution in [0.15, 0.2) is 5.16 Å². The zero-order valence-electron chi connectivity index (χ0n) is 6.13. The van der Waals surface area contributed by atoms with Crippen LogP contribution in [0.25, 0.3) is 0 Å². The molecule has 0 saturated heterocycles. The predicted molar refractivity (Wildman–Crippen MR) is 40.6 cm³/mol. The van der Waals surface area contributed by atoms with Crippen molar-refractivity contribution in [3.63, 3.8) is 0 Å². The van der Waals surface area contributed by atoms with Crippen molar-refractivity contribution in [1.29, 1.82) is 0 Å². The maximum Gasteiger partial charge on any atom is 0.177 e. The summed E-state index contributed by atoms with van der Waals surface area (Å²) in [6.07, 6.45) is 7.11. The largest absolute Gasteiger partial charge is 0.383 e. The molecule has 1 rings (SSSR count). The van der Waals surface area contributed by atoms with E-state index in [1.54, 1.807) is 0 Å². The second kappa shape index (κ2) is 3.26. The van der Waals surface area contributed by atoms with Crippen LogP contribution in [-0.4, -0.2) is 12.3 Å². The van der Waals surface area contributed by atoms with Crippen molar-refractivity contribution in [2.45, 2.75) is 19.8 Å². The highest BCUT2D eigenvalue weighted by Crippen LogP contribution is 2.22. The molecule has 0 aromatic rings. The molecule has 2 nitrogen and oxygen atoms in total. The van der Waals surface area contributed by atoms with Crippen LogP contribution >= 0.6 is 0 Å². The Morgan fingerprint density at radius 3 is 3.00 bits per heavy atom. The number of oxime groups is 1. The van der Waals surface area contributed by atoms with Crippen molar-refractivity contribution in [1.82, 2.24) is 0 Å². The van der Waals surface area contributed by atoms with E-state index >= 15 is 0 Å². The van der Waals surface area contributed by atoms with Gasteiger partial charge in [0.15, 0.2) is 6.61 Å². The van der Waals surface area contributed by atoms with Crippen molar-refractivity contribution >= 4 is 5.71 Å². The van der Waals surface area contributed by atoms with Crippen molar-refractivity contribution in [2.75, 3.05) is 6.61 Å². The molecule has 0 spiro atoms. The van der Waals surface area contributed by atoms with Crippen molar-refractivity contribution in [3.05, 3.63) is 0 Å². The van der Waals surface area contributed by atoms with Crippen molar-refractivity contribution in [3.8, 4) is 12.3 Å². The summed E-state index contributed by atoms with van der Waals surface area (Å²) in [7, 11) is 0. The maximum atomic E-state index is 4.96. The van der Waals surface area contributed by atoms with Gasteiger partial charge in [-0.05, 0) is 18.8 Å². The molecule has 0 N–H and O–H groups in total. The van der Waals surface area contributed by atoms with E-state index in [2.05, 4.69) is 18.0 Å². The number of terminal acetylenes is 1. The van der Waals surface area contributed by atoms with E-state index in [4.69, 9.17) is 11.3 Å². The molecule has 10 heavy (non-hydrogen) atoms. The topological polar surface area (TPSA) is 21.6 Å². The summed E-state index contributed by atoms with van der Waals surface area (Å²) in [6, 6.07) is 0. The molecule has 0 aromatic heterocycles. The van der Waals surface area contributed by atoms with Gasteiger partial charge >= 0.3 is 0 Å². The average molecular weight is 137 g/mol. The SMILES string of the molecule is C#CCON=C1CC(C)C1. The first kappa shape index (κ1) is 7.14. The first-order valence-corrected chi connectivity index (χ1v) is 3.44. The zero-order chi connectivity index (χ0) is 7.40. The van der Waals surface area contributed by atoms with E-state index in [0.717, 1.165) is 24.5 Å². The first-order chi connectivity index (χ1) is 4.83. The molecule has 0 aromatic carbocycles. The van der Waals surface area contributed by atoms with Crippen LogP contribution in [0.4, 0.5) is 0 Å². The summed E-state index contributed by atoms with van der Waals surface area (Å²) in [5.41, 5.74) is 1.14. The average Bonchev–Trinajstić information content (AvgIpc) is 1.85. The van der Waals surface area contributed by atoms with Gasteiger partial charge < -0.3 is 4.84 Å². The van der Waals surface area contributed by atoms with Gasteiger partial charge in [0.05, 0.1) is 5.71 Å². The smallest absolute Gasteiger partial charge is 0.177 e. The van der Waals surface area contributed by atoms with E-state index in [1.165, 1.54) is 0 Å². The summed E-state index contributed by atoms with van der Waals surface area (Å²) in [5, 5.41) is 3.84. The molecule has 1 saturated carbocycles. The van der Waals surface area contributed by atoms with Crippen molar-refractivity contribution in [2.24, 2.45) is 11.1 Å². The molecule has 1 aliphatic rings. The molecule has 0 aliphatic heterocycles. The molecule has 1 aliphatic carbocycles. The lowest BCUT2D eigenvalue weighted by Crippen LogP contribution is -2.20. The minimum absolute atomic E-state index is 0.290. The fourth-order valence-corrected chi connectivity index (χ4v) is 0.980. The predicted octanol–water partition coefficient (Wildman–Crippen LogP) is 1.42. The Morgan fingerprint density at radius 2 is 2.50 bits per heavy atom. The maximum absolute atomic E-state index is 4.96. The van der Waals surface area contributed by atoms with Gasteiger partial charge in [-0.25, -0.2) is 0 Å². The van der Waals surface area contributed by atoms with E-state index in [-0.39, 0.29) is 6.61 Å². The molecule has 0 unspecified atom stereocenters. The Morgan fingerprint density at radius 1 is 1.80 bits per heavy atom. The minimum atomic E-state index is 0.290.